The second-order valence-corrected chi connectivity index (χ2v) is 12.1. The fourth-order valence-electron chi connectivity index (χ4n) is 5.09. The summed E-state index contributed by atoms with van der Waals surface area (Å²) in [7, 11) is -3.80. The zero-order chi connectivity index (χ0) is 28.0. The maximum absolute atomic E-state index is 13.8. The van der Waals surface area contributed by atoms with Crippen LogP contribution in [0.4, 0.5) is 0 Å². The van der Waals surface area contributed by atoms with Crippen LogP contribution in [0, 0.1) is 12.8 Å². The number of aromatic amines is 1. The van der Waals surface area contributed by atoms with Gasteiger partial charge in [0.25, 0.3) is 5.56 Å². The number of nitrogens with one attached hydrogen (secondary N) is 1. The summed E-state index contributed by atoms with van der Waals surface area (Å²) in [6.07, 6.45) is 6.55. The van der Waals surface area contributed by atoms with Crippen LogP contribution < -0.4 is 10.3 Å². The van der Waals surface area contributed by atoms with Crippen molar-refractivity contribution >= 4 is 15.5 Å². The molecule has 3 aromatic rings. The first-order valence-corrected chi connectivity index (χ1v) is 15.6. The van der Waals surface area contributed by atoms with Gasteiger partial charge in [0.15, 0.2) is 11.3 Å². The third kappa shape index (κ3) is 6.53. The molecule has 0 amide bonds. The highest BCUT2D eigenvalue weighted by Gasteiger charge is 2.29. The zero-order valence-corrected chi connectivity index (χ0v) is 24.3. The van der Waals surface area contributed by atoms with Gasteiger partial charge in [-0.05, 0) is 57.2 Å². The second kappa shape index (κ2) is 13.1. The minimum Gasteiger partial charge on any atom is -0.493 e. The molecule has 10 nitrogen and oxygen atoms in total. The van der Waals surface area contributed by atoms with Crippen molar-refractivity contribution in [2.75, 3.05) is 32.9 Å². The number of H-pyrrole nitrogens is 1. The lowest BCUT2D eigenvalue weighted by Gasteiger charge is -2.24. The molecule has 3 heterocycles. The largest absolute Gasteiger partial charge is 0.493 e. The predicted molar refractivity (Wildman–Crippen MR) is 151 cm³/mol. The standard InChI is InChI=1S/C28H41N5O5S/c1-5-8-9-10-11-25-29-20(4)26-28(34)30-27(31-33(25)26)23-17-22(12-13-24(23)38-7-3)39(35,36)32(15-6-2)18-21-14-16-37-19-21/h12-13,17,21H,5-11,14-16,18-19H2,1-4H3,(H,30,31,34). The summed E-state index contributed by atoms with van der Waals surface area (Å²) < 4.78 is 42.1. The number of imidazole rings is 1. The number of unbranched alkanes of at least 4 members (excludes halogenated alkanes) is 3. The van der Waals surface area contributed by atoms with Gasteiger partial charge >= 0.3 is 0 Å². The molecule has 1 aromatic carbocycles. The van der Waals surface area contributed by atoms with E-state index in [4.69, 9.17) is 14.6 Å². The Morgan fingerprint density at radius 3 is 2.69 bits per heavy atom. The van der Waals surface area contributed by atoms with E-state index in [2.05, 4.69) is 16.9 Å². The van der Waals surface area contributed by atoms with E-state index in [1.54, 1.807) is 33.9 Å². The van der Waals surface area contributed by atoms with Crippen LogP contribution in [0.1, 0.15) is 70.8 Å². The van der Waals surface area contributed by atoms with Crippen molar-refractivity contribution < 1.29 is 17.9 Å². The zero-order valence-electron chi connectivity index (χ0n) is 23.5. The second-order valence-electron chi connectivity index (χ2n) is 10.2. The highest BCUT2D eigenvalue weighted by molar-refractivity contribution is 7.89. The lowest BCUT2D eigenvalue weighted by molar-refractivity contribution is 0.180. The van der Waals surface area contributed by atoms with E-state index >= 15 is 0 Å². The summed E-state index contributed by atoms with van der Waals surface area (Å²) >= 11 is 0. The molecule has 0 bridgehead atoms. The average molecular weight is 560 g/mol. The molecule has 11 heteroatoms. The summed E-state index contributed by atoms with van der Waals surface area (Å²) in [5.41, 5.74) is 1.11. The molecule has 1 atom stereocenters. The Morgan fingerprint density at radius 2 is 2.00 bits per heavy atom. The van der Waals surface area contributed by atoms with Crippen molar-refractivity contribution in [3.63, 3.8) is 0 Å². The molecular formula is C28H41N5O5S. The van der Waals surface area contributed by atoms with Crippen molar-refractivity contribution in [3.05, 3.63) is 40.1 Å². The van der Waals surface area contributed by atoms with Gasteiger partial charge in [-0.3, -0.25) is 4.79 Å². The molecule has 1 saturated heterocycles. The third-order valence-electron chi connectivity index (χ3n) is 7.10. The van der Waals surface area contributed by atoms with Gasteiger partial charge in [-0.15, -0.1) is 5.10 Å². The number of aromatic nitrogens is 4. The first kappa shape index (κ1) is 29.2. The number of sulfonamides is 1. The van der Waals surface area contributed by atoms with Crippen LogP contribution in [-0.4, -0.2) is 65.2 Å². The fourth-order valence-corrected chi connectivity index (χ4v) is 6.72. The van der Waals surface area contributed by atoms with Gasteiger partial charge in [-0.2, -0.15) is 4.31 Å². The molecule has 2 aromatic heterocycles. The Bertz CT molecular complexity index is 1430. The predicted octanol–water partition coefficient (Wildman–Crippen LogP) is 4.35. The van der Waals surface area contributed by atoms with Gasteiger partial charge < -0.3 is 14.5 Å². The fraction of sp³-hybridized carbons (Fsp3) is 0.607. The summed E-state index contributed by atoms with van der Waals surface area (Å²) in [5.74, 6) is 1.59. The van der Waals surface area contributed by atoms with Crippen molar-refractivity contribution in [2.24, 2.45) is 5.92 Å². The van der Waals surface area contributed by atoms with Crippen molar-refractivity contribution in [1.82, 2.24) is 23.9 Å². The van der Waals surface area contributed by atoms with E-state index in [1.807, 2.05) is 13.8 Å². The number of rotatable bonds is 14. The Morgan fingerprint density at radius 1 is 1.18 bits per heavy atom. The van der Waals surface area contributed by atoms with Gasteiger partial charge in [-0.1, -0.05) is 33.1 Å². The van der Waals surface area contributed by atoms with Gasteiger partial charge in [0.05, 0.1) is 29.4 Å². The summed E-state index contributed by atoms with van der Waals surface area (Å²) in [4.78, 5) is 20.8. The SMILES string of the molecule is CCCCCCc1nc(C)c2c(=O)[nH]c(-c3cc(S(=O)(=O)N(CCC)CC4CCOC4)ccc3OCC)nn12. The number of aryl methyl sites for hydroxylation is 2. The van der Waals surface area contributed by atoms with Crippen LogP contribution >= 0.6 is 0 Å². The summed E-state index contributed by atoms with van der Waals surface area (Å²) in [5, 5.41) is 4.75. The molecular weight excluding hydrogens is 518 g/mol. The molecule has 4 rings (SSSR count). The maximum Gasteiger partial charge on any atom is 0.277 e. The molecule has 1 fully saturated rings. The van der Waals surface area contributed by atoms with Crippen LogP contribution in [0.2, 0.25) is 0 Å². The number of benzene rings is 1. The maximum atomic E-state index is 13.8. The van der Waals surface area contributed by atoms with E-state index in [0.717, 1.165) is 37.9 Å². The van der Waals surface area contributed by atoms with Gasteiger partial charge in [-0.25, -0.2) is 17.9 Å². The van der Waals surface area contributed by atoms with E-state index in [1.165, 1.54) is 0 Å². The van der Waals surface area contributed by atoms with Crippen molar-refractivity contribution in [3.8, 4) is 17.1 Å². The topological polar surface area (TPSA) is 119 Å². The number of hydrogen-bond acceptors (Lipinski definition) is 7. The minimum atomic E-state index is -3.80. The highest BCUT2D eigenvalue weighted by atomic mass is 32.2. The van der Waals surface area contributed by atoms with Crippen LogP contribution in [0.3, 0.4) is 0 Å². The van der Waals surface area contributed by atoms with Crippen LogP contribution in [-0.2, 0) is 21.2 Å². The Hall–Kier alpha value is -2.76. The normalized spacial score (nSPS) is 16.0. The number of nitrogens with zero attached hydrogens (tertiary/aromatic N) is 4. The van der Waals surface area contributed by atoms with Crippen LogP contribution in [0.5, 0.6) is 5.75 Å². The molecule has 0 saturated carbocycles. The van der Waals surface area contributed by atoms with Crippen LogP contribution in [0.25, 0.3) is 16.9 Å². The molecule has 1 unspecified atom stereocenters. The molecule has 214 valence electrons. The van der Waals surface area contributed by atoms with Crippen molar-refractivity contribution in [1.29, 1.82) is 0 Å². The lowest BCUT2D eigenvalue weighted by atomic mass is 10.1. The van der Waals surface area contributed by atoms with E-state index in [9.17, 15) is 13.2 Å². The van der Waals surface area contributed by atoms with E-state index < -0.39 is 10.0 Å². The van der Waals surface area contributed by atoms with Gasteiger partial charge in [0.1, 0.15) is 11.6 Å². The van der Waals surface area contributed by atoms with Crippen molar-refractivity contribution in [2.45, 2.75) is 77.5 Å². The van der Waals surface area contributed by atoms with E-state index in [0.29, 0.717) is 68.3 Å². The first-order chi connectivity index (χ1) is 18.8. The summed E-state index contributed by atoms with van der Waals surface area (Å²) in [6.45, 7) is 10.2. The molecule has 0 spiro atoms. The number of ether oxygens (including phenoxy) is 2. The molecule has 1 N–H and O–H groups in total. The number of fused-ring (bicyclic) bond motifs is 1. The minimum absolute atomic E-state index is 0.137. The average Bonchev–Trinajstić information content (AvgIpc) is 3.54. The van der Waals surface area contributed by atoms with E-state index in [-0.39, 0.29) is 22.2 Å². The molecule has 0 radical (unpaired) electrons. The number of hydrogen-bond donors (Lipinski definition) is 1. The van der Waals surface area contributed by atoms with Gasteiger partial charge in [0.2, 0.25) is 10.0 Å². The lowest BCUT2D eigenvalue weighted by Crippen LogP contribution is -2.36. The first-order valence-electron chi connectivity index (χ1n) is 14.1. The monoisotopic (exact) mass is 559 g/mol. The molecule has 1 aliphatic rings. The quantitative estimate of drug-likeness (QED) is 0.292. The van der Waals surface area contributed by atoms with Crippen LogP contribution in [0.15, 0.2) is 27.9 Å². The third-order valence-corrected chi connectivity index (χ3v) is 8.96. The molecule has 0 aliphatic carbocycles. The smallest absolute Gasteiger partial charge is 0.277 e. The summed E-state index contributed by atoms with van der Waals surface area (Å²) in [6, 6.07) is 4.77. The Kier molecular flexibility index (Phi) is 9.79. The highest BCUT2D eigenvalue weighted by Crippen LogP contribution is 2.32. The molecule has 1 aliphatic heterocycles. The van der Waals surface area contributed by atoms with Gasteiger partial charge in [0, 0.05) is 26.1 Å². The molecule has 39 heavy (non-hydrogen) atoms. The Balaban J connectivity index is 1.77. The Labute approximate surface area is 230 Å².